The van der Waals surface area contributed by atoms with Crippen LogP contribution in [0.5, 0.6) is 0 Å². The summed E-state index contributed by atoms with van der Waals surface area (Å²) in [5.41, 5.74) is 3.76. The molecule has 10 nitrogen and oxygen atoms in total. The molecule has 0 aromatic heterocycles. The molecule has 3 aromatic rings. The second kappa shape index (κ2) is 15.2. The summed E-state index contributed by atoms with van der Waals surface area (Å²) >= 11 is 3.45. The maximum atomic E-state index is 14.0. The Morgan fingerprint density at radius 3 is 2.28 bits per heavy atom. The molecule has 4 rings (SSSR count). The topological polar surface area (TPSA) is 140 Å². The Hall–Kier alpha value is -3.77. The van der Waals surface area contributed by atoms with E-state index in [9.17, 15) is 24.6 Å². The number of rotatable bonds is 12. The van der Waals surface area contributed by atoms with E-state index in [2.05, 4.69) is 32.0 Å². The van der Waals surface area contributed by atoms with Gasteiger partial charge in [0.05, 0.1) is 19.3 Å². The van der Waals surface area contributed by atoms with Gasteiger partial charge in [-0.2, -0.15) is 0 Å². The minimum atomic E-state index is -1.89. The maximum Gasteiger partial charge on any atom is 0.407 e. The Bertz CT molecular complexity index is 1500. The number of nitrogens with one attached hydrogen (secondary N) is 3. The molecule has 246 valence electrons. The molecule has 3 aromatic carbocycles. The Kier molecular flexibility index (Phi) is 11.6. The number of hydrogen-bond donors (Lipinski definition) is 5. The largest absolute Gasteiger partial charge is 0.453 e. The predicted molar refractivity (Wildman–Crippen MR) is 178 cm³/mol. The number of aliphatic hydroxyl groups is 2. The molecule has 11 heteroatoms. The van der Waals surface area contributed by atoms with Crippen molar-refractivity contribution < 1.29 is 29.3 Å². The molecule has 0 aliphatic heterocycles. The van der Waals surface area contributed by atoms with Crippen LogP contribution in [0, 0.1) is 5.41 Å². The fourth-order valence-corrected chi connectivity index (χ4v) is 5.88. The molecule has 0 radical (unpaired) electrons. The minimum Gasteiger partial charge on any atom is -0.453 e. The van der Waals surface area contributed by atoms with Gasteiger partial charge in [0.15, 0.2) is 0 Å². The molecule has 1 aliphatic carbocycles. The van der Waals surface area contributed by atoms with E-state index < -0.39 is 47.1 Å². The van der Waals surface area contributed by atoms with Gasteiger partial charge in [0.25, 0.3) is 11.8 Å². The zero-order chi connectivity index (χ0) is 33.5. The van der Waals surface area contributed by atoms with E-state index in [0.717, 1.165) is 26.7 Å². The lowest BCUT2D eigenvalue weighted by Crippen LogP contribution is -2.58. The predicted octanol–water partition coefficient (Wildman–Crippen LogP) is 4.19. The van der Waals surface area contributed by atoms with Crippen LogP contribution in [0.4, 0.5) is 4.79 Å². The lowest BCUT2D eigenvalue weighted by Gasteiger charge is -2.35. The van der Waals surface area contributed by atoms with Gasteiger partial charge < -0.3 is 25.6 Å². The number of halogens is 1. The molecule has 0 saturated carbocycles. The van der Waals surface area contributed by atoms with Gasteiger partial charge in [-0.25, -0.2) is 9.80 Å². The summed E-state index contributed by atoms with van der Waals surface area (Å²) in [6, 6.07) is 22.7. The lowest BCUT2D eigenvalue weighted by atomic mass is 9.86. The zero-order valence-electron chi connectivity index (χ0n) is 26.6. The first-order chi connectivity index (χ1) is 21.8. The molecular formula is C35H43BrN4O6. The number of ether oxygens (including phenoxy) is 1. The molecule has 5 N–H and O–H groups in total. The van der Waals surface area contributed by atoms with Crippen molar-refractivity contribution in [1.82, 2.24) is 21.1 Å². The molecule has 3 amide bonds. The number of nitrogens with zero attached hydrogens (tertiary/aromatic N) is 1. The Balaban J connectivity index is 1.60. The molecular weight excluding hydrogens is 652 g/mol. The van der Waals surface area contributed by atoms with Crippen molar-refractivity contribution in [3.8, 4) is 0 Å². The quantitative estimate of drug-likeness (QED) is 0.179. The van der Waals surface area contributed by atoms with E-state index >= 15 is 0 Å². The van der Waals surface area contributed by atoms with E-state index in [0.29, 0.717) is 6.42 Å². The minimum absolute atomic E-state index is 0.0126. The zero-order valence-corrected chi connectivity index (χ0v) is 28.2. The average molecular weight is 696 g/mol. The van der Waals surface area contributed by atoms with Gasteiger partial charge in [0, 0.05) is 36.8 Å². The van der Waals surface area contributed by atoms with E-state index in [-0.39, 0.29) is 25.9 Å². The van der Waals surface area contributed by atoms with Gasteiger partial charge in [-0.1, -0.05) is 103 Å². The third-order valence-corrected chi connectivity index (χ3v) is 8.71. The number of fused-ring (bicyclic) bond motifs is 1. The summed E-state index contributed by atoms with van der Waals surface area (Å²) in [6.07, 6.45) is -1.20. The smallest absolute Gasteiger partial charge is 0.407 e. The van der Waals surface area contributed by atoms with Crippen LogP contribution in [0.25, 0.3) is 0 Å². The van der Waals surface area contributed by atoms with E-state index in [4.69, 9.17) is 4.74 Å². The fourth-order valence-electron chi connectivity index (χ4n) is 5.62. The van der Waals surface area contributed by atoms with Crippen molar-refractivity contribution in [1.29, 1.82) is 0 Å². The van der Waals surface area contributed by atoms with Crippen LogP contribution in [0.3, 0.4) is 0 Å². The van der Waals surface area contributed by atoms with Crippen LogP contribution in [0.1, 0.15) is 55.5 Å². The summed E-state index contributed by atoms with van der Waals surface area (Å²) < 4.78 is 5.65. The summed E-state index contributed by atoms with van der Waals surface area (Å²) in [5, 5.41) is 30.1. The molecule has 0 spiro atoms. The molecule has 1 aliphatic rings. The molecule has 0 bridgehead atoms. The van der Waals surface area contributed by atoms with Crippen molar-refractivity contribution in [2.75, 3.05) is 13.7 Å². The summed E-state index contributed by atoms with van der Waals surface area (Å²) in [4.78, 5) is 39.7. The number of alkyl carbamates (subject to hydrolysis) is 1. The van der Waals surface area contributed by atoms with Crippen LogP contribution in [0.15, 0.2) is 83.3 Å². The first-order valence-electron chi connectivity index (χ1n) is 15.3. The lowest BCUT2D eigenvalue weighted by molar-refractivity contribution is -0.143. The number of amides is 3. The van der Waals surface area contributed by atoms with Crippen molar-refractivity contribution in [2.45, 2.75) is 70.4 Å². The van der Waals surface area contributed by atoms with E-state index in [1.807, 2.05) is 99.6 Å². The number of aliphatic hydroxyl groups excluding tert-OH is 1. The second-order valence-electron chi connectivity index (χ2n) is 12.8. The van der Waals surface area contributed by atoms with Crippen molar-refractivity contribution in [2.24, 2.45) is 5.41 Å². The Morgan fingerprint density at radius 2 is 1.63 bits per heavy atom. The molecule has 0 unspecified atom stereocenters. The summed E-state index contributed by atoms with van der Waals surface area (Å²) in [7, 11) is 1.23. The van der Waals surface area contributed by atoms with E-state index in [1.54, 1.807) is 5.01 Å². The highest BCUT2D eigenvalue weighted by molar-refractivity contribution is 9.10. The second-order valence-corrected chi connectivity index (χ2v) is 13.7. The molecule has 4 atom stereocenters. The number of hydrogen-bond acceptors (Lipinski definition) is 7. The normalized spacial score (nSPS) is 17.8. The van der Waals surface area contributed by atoms with Crippen LogP contribution in [-0.2, 0) is 33.7 Å². The first-order valence-corrected chi connectivity index (χ1v) is 16.1. The molecule has 46 heavy (non-hydrogen) atoms. The Labute approximate surface area is 278 Å². The van der Waals surface area contributed by atoms with Gasteiger partial charge >= 0.3 is 6.09 Å². The van der Waals surface area contributed by atoms with Crippen molar-refractivity contribution >= 4 is 33.8 Å². The third-order valence-electron chi connectivity index (χ3n) is 8.18. The standard InChI is InChI=1S/C35H43BrN4O6/c1-34(2,3)30(38-33(44)46-4)31(42)39-40(22-24-14-16-26(36)17-15-24)19-18-35(45,21-23-10-6-5-7-11-23)32(43)37-29-27-13-9-8-12-25(27)20-28(29)41/h5-17,28-30,41,45H,18-22H2,1-4H3,(H,37,43)(H,38,44)(H,39,42)/t28-,29+,30+,35-/m1/s1. The Morgan fingerprint density at radius 1 is 0.978 bits per heavy atom. The van der Waals surface area contributed by atoms with Gasteiger partial charge in [0.2, 0.25) is 0 Å². The SMILES string of the molecule is COC(=O)N[C@@H](C(=O)NN(CC[C@@](O)(Cc1ccccc1)C(=O)N[C@H]1c2ccccc2C[C@H]1O)Cc1ccc(Br)cc1)C(C)(C)C. The highest BCUT2D eigenvalue weighted by atomic mass is 79.9. The van der Waals surface area contributed by atoms with Crippen molar-refractivity contribution in [3.05, 3.63) is 106 Å². The van der Waals surface area contributed by atoms with Crippen LogP contribution in [0.2, 0.25) is 0 Å². The first kappa shape index (κ1) is 35.1. The summed E-state index contributed by atoms with van der Waals surface area (Å²) in [6.45, 7) is 5.81. The average Bonchev–Trinajstić information content (AvgIpc) is 3.33. The summed E-state index contributed by atoms with van der Waals surface area (Å²) in [5.74, 6) is -1.09. The molecule has 0 saturated heterocycles. The number of benzene rings is 3. The highest BCUT2D eigenvalue weighted by Gasteiger charge is 2.41. The number of carbonyl (C=O) groups excluding carboxylic acids is 3. The maximum absolute atomic E-state index is 14.0. The number of carbonyl (C=O) groups is 3. The monoisotopic (exact) mass is 694 g/mol. The molecule has 0 fully saturated rings. The fraction of sp³-hybridized carbons (Fsp3) is 0.400. The third kappa shape index (κ3) is 9.16. The highest BCUT2D eigenvalue weighted by Crippen LogP contribution is 2.32. The van der Waals surface area contributed by atoms with Gasteiger partial charge in [0.1, 0.15) is 11.6 Å². The van der Waals surface area contributed by atoms with Crippen LogP contribution < -0.4 is 16.1 Å². The van der Waals surface area contributed by atoms with Gasteiger partial charge in [-0.3, -0.25) is 15.0 Å². The van der Waals surface area contributed by atoms with Crippen molar-refractivity contribution in [3.63, 3.8) is 0 Å². The molecule has 0 heterocycles. The number of hydrazine groups is 1. The number of methoxy groups -OCH3 is 1. The van der Waals surface area contributed by atoms with Gasteiger partial charge in [-0.15, -0.1) is 0 Å². The van der Waals surface area contributed by atoms with Crippen LogP contribution >= 0.6 is 15.9 Å². The van der Waals surface area contributed by atoms with Gasteiger partial charge in [-0.05, 0) is 39.8 Å². The van der Waals surface area contributed by atoms with E-state index in [1.165, 1.54) is 7.11 Å². The van der Waals surface area contributed by atoms with Crippen LogP contribution in [-0.4, -0.2) is 64.5 Å².